The van der Waals surface area contributed by atoms with Crippen LogP contribution in [-0.4, -0.2) is 21.3 Å². The number of amides is 1. The van der Waals surface area contributed by atoms with Gasteiger partial charge in [0.05, 0.1) is 12.1 Å². The number of nitrogens with zero attached hydrogens (tertiary/aromatic N) is 2. The average molecular weight is 341 g/mol. The number of hydrogen-bond donors (Lipinski definition) is 1. The number of carbonyl (C=O) groups is 1. The molecule has 0 unspecified atom stereocenters. The second kappa shape index (κ2) is 9.59. The average Bonchev–Trinajstić information content (AvgIpc) is 2.99. The van der Waals surface area contributed by atoms with Crippen LogP contribution in [0.4, 0.5) is 0 Å². The number of imidazole rings is 1. The zero-order valence-corrected chi connectivity index (χ0v) is 15.3. The molecule has 1 amide bonds. The summed E-state index contributed by atoms with van der Waals surface area (Å²) in [6.45, 7) is 0. The van der Waals surface area contributed by atoms with Crippen LogP contribution in [0.2, 0.25) is 0 Å². The third kappa shape index (κ3) is 5.87. The van der Waals surface area contributed by atoms with Crippen LogP contribution in [0.3, 0.4) is 0 Å². The van der Waals surface area contributed by atoms with Crippen LogP contribution >= 0.6 is 0 Å². The number of carbonyl (C=O) groups excluding carboxylic acids is 1. The molecule has 0 bridgehead atoms. The largest absolute Gasteiger partial charge is 0.353 e. The van der Waals surface area contributed by atoms with Crippen molar-refractivity contribution in [3.05, 3.63) is 36.3 Å². The van der Waals surface area contributed by atoms with Gasteiger partial charge in [0.1, 0.15) is 5.65 Å². The molecule has 1 N–H and O–H groups in total. The highest BCUT2D eigenvalue weighted by Gasteiger charge is 2.14. The van der Waals surface area contributed by atoms with E-state index in [-0.39, 0.29) is 5.91 Å². The summed E-state index contributed by atoms with van der Waals surface area (Å²) in [7, 11) is 0. The highest BCUT2D eigenvalue weighted by molar-refractivity contribution is 5.78. The standard InChI is InChI=1S/C21H31N3O/c25-21(16-19-17-24-15-11-10-14-20(24)22-19)23-18-12-8-6-4-2-1-3-5-7-9-13-18/h10-11,14-15,17-18H,1-9,12-13,16H2,(H,23,25). The van der Waals surface area contributed by atoms with E-state index in [0.717, 1.165) is 24.2 Å². The molecule has 3 rings (SSSR count). The summed E-state index contributed by atoms with van der Waals surface area (Å²) in [5.41, 5.74) is 1.74. The molecule has 136 valence electrons. The lowest BCUT2D eigenvalue weighted by atomic mass is 9.98. The molecule has 1 aliphatic rings. The van der Waals surface area contributed by atoms with Gasteiger partial charge in [0.15, 0.2) is 0 Å². The van der Waals surface area contributed by atoms with Gasteiger partial charge in [0.25, 0.3) is 0 Å². The highest BCUT2D eigenvalue weighted by atomic mass is 16.1. The van der Waals surface area contributed by atoms with Crippen molar-refractivity contribution in [2.75, 3.05) is 0 Å². The molecular formula is C21H31N3O. The fourth-order valence-corrected chi connectivity index (χ4v) is 3.82. The Balaban J connectivity index is 1.51. The summed E-state index contributed by atoms with van der Waals surface area (Å²) in [6, 6.07) is 6.25. The first-order valence-electron chi connectivity index (χ1n) is 10.0. The van der Waals surface area contributed by atoms with Gasteiger partial charge in [0.2, 0.25) is 5.91 Å². The van der Waals surface area contributed by atoms with Crippen molar-refractivity contribution in [1.29, 1.82) is 0 Å². The Bertz CT molecular complexity index is 619. The van der Waals surface area contributed by atoms with Gasteiger partial charge in [0, 0.05) is 18.4 Å². The fraction of sp³-hybridized carbons (Fsp3) is 0.619. The quantitative estimate of drug-likeness (QED) is 0.882. The minimum atomic E-state index is 0.112. The van der Waals surface area contributed by atoms with Crippen molar-refractivity contribution >= 4 is 11.6 Å². The van der Waals surface area contributed by atoms with E-state index >= 15 is 0 Å². The summed E-state index contributed by atoms with van der Waals surface area (Å²) in [5.74, 6) is 0.112. The number of fused-ring (bicyclic) bond motifs is 1. The number of aromatic nitrogens is 2. The first kappa shape index (κ1) is 18.0. The van der Waals surface area contributed by atoms with Gasteiger partial charge in [-0.3, -0.25) is 4.79 Å². The van der Waals surface area contributed by atoms with Crippen molar-refractivity contribution < 1.29 is 4.79 Å². The Morgan fingerprint density at radius 1 is 1.00 bits per heavy atom. The first-order chi connectivity index (χ1) is 12.3. The first-order valence-corrected chi connectivity index (χ1v) is 10.0. The SMILES string of the molecule is O=C(Cc1cn2ccccc2n1)NC1CCCCCCCCCCC1. The van der Waals surface area contributed by atoms with Gasteiger partial charge >= 0.3 is 0 Å². The van der Waals surface area contributed by atoms with Gasteiger partial charge in [-0.25, -0.2) is 4.98 Å². The molecule has 0 aromatic carbocycles. The van der Waals surface area contributed by atoms with Crippen molar-refractivity contribution in [3.8, 4) is 0 Å². The molecule has 0 radical (unpaired) electrons. The lowest BCUT2D eigenvalue weighted by Gasteiger charge is -2.19. The number of rotatable bonds is 3. The van der Waals surface area contributed by atoms with E-state index in [4.69, 9.17) is 0 Å². The van der Waals surface area contributed by atoms with Crippen molar-refractivity contribution in [2.24, 2.45) is 0 Å². The molecule has 2 heterocycles. The topological polar surface area (TPSA) is 46.4 Å². The molecule has 4 heteroatoms. The molecule has 0 spiro atoms. The molecule has 1 aliphatic carbocycles. The molecule has 0 saturated heterocycles. The monoisotopic (exact) mass is 341 g/mol. The van der Waals surface area contributed by atoms with Gasteiger partial charge in [-0.05, 0) is 25.0 Å². The van der Waals surface area contributed by atoms with Crippen LogP contribution in [0.15, 0.2) is 30.6 Å². The van der Waals surface area contributed by atoms with Gasteiger partial charge in [-0.15, -0.1) is 0 Å². The number of pyridine rings is 1. The third-order valence-electron chi connectivity index (χ3n) is 5.23. The number of hydrogen-bond acceptors (Lipinski definition) is 2. The fourth-order valence-electron chi connectivity index (χ4n) is 3.82. The normalized spacial score (nSPS) is 18.4. The summed E-state index contributed by atoms with van der Waals surface area (Å²) >= 11 is 0. The predicted molar refractivity (Wildman–Crippen MR) is 102 cm³/mol. The van der Waals surface area contributed by atoms with Crippen LogP contribution in [0.1, 0.15) is 76.3 Å². The minimum absolute atomic E-state index is 0.112. The second-order valence-electron chi connectivity index (χ2n) is 7.40. The van der Waals surface area contributed by atoms with Crippen molar-refractivity contribution in [3.63, 3.8) is 0 Å². The molecule has 0 atom stereocenters. The molecule has 4 nitrogen and oxygen atoms in total. The third-order valence-corrected chi connectivity index (χ3v) is 5.23. The minimum Gasteiger partial charge on any atom is -0.353 e. The maximum atomic E-state index is 12.5. The van der Waals surface area contributed by atoms with Crippen LogP contribution in [-0.2, 0) is 11.2 Å². The summed E-state index contributed by atoms with van der Waals surface area (Å²) in [5, 5.41) is 3.28. The predicted octanol–water partition coefficient (Wildman–Crippen LogP) is 4.67. The Labute approximate surface area is 151 Å². The molecule has 0 aliphatic heterocycles. The van der Waals surface area contributed by atoms with Crippen LogP contribution in [0, 0.1) is 0 Å². The number of nitrogens with one attached hydrogen (secondary N) is 1. The maximum Gasteiger partial charge on any atom is 0.226 e. The summed E-state index contributed by atoms with van der Waals surface area (Å²) in [4.78, 5) is 17.0. The molecule has 2 aromatic heterocycles. The maximum absolute atomic E-state index is 12.5. The van der Waals surface area contributed by atoms with Gasteiger partial charge in [-0.1, -0.05) is 63.9 Å². The van der Waals surface area contributed by atoms with E-state index in [1.165, 1.54) is 57.8 Å². The lowest BCUT2D eigenvalue weighted by Crippen LogP contribution is -2.36. The van der Waals surface area contributed by atoms with E-state index in [1.54, 1.807) is 0 Å². The second-order valence-corrected chi connectivity index (χ2v) is 7.40. The van der Waals surface area contributed by atoms with Crippen LogP contribution in [0.25, 0.3) is 5.65 Å². The molecule has 1 fully saturated rings. The van der Waals surface area contributed by atoms with E-state index in [2.05, 4.69) is 10.3 Å². The molecule has 1 saturated carbocycles. The lowest BCUT2D eigenvalue weighted by molar-refractivity contribution is -0.121. The molecule has 2 aromatic rings. The van der Waals surface area contributed by atoms with E-state index < -0.39 is 0 Å². The smallest absolute Gasteiger partial charge is 0.226 e. The Hall–Kier alpha value is -1.84. The van der Waals surface area contributed by atoms with E-state index in [1.807, 2.05) is 35.0 Å². The summed E-state index contributed by atoms with van der Waals surface area (Å²) in [6.07, 6.45) is 18.5. The van der Waals surface area contributed by atoms with Crippen LogP contribution in [0.5, 0.6) is 0 Å². The Morgan fingerprint density at radius 3 is 2.28 bits per heavy atom. The Kier molecular flexibility index (Phi) is 6.89. The van der Waals surface area contributed by atoms with E-state index in [9.17, 15) is 4.79 Å². The van der Waals surface area contributed by atoms with E-state index in [0.29, 0.717) is 12.5 Å². The summed E-state index contributed by atoms with van der Waals surface area (Å²) < 4.78 is 1.97. The van der Waals surface area contributed by atoms with Gasteiger partial charge < -0.3 is 9.72 Å². The zero-order chi connectivity index (χ0) is 17.3. The van der Waals surface area contributed by atoms with Crippen molar-refractivity contribution in [1.82, 2.24) is 14.7 Å². The Morgan fingerprint density at radius 2 is 1.64 bits per heavy atom. The zero-order valence-electron chi connectivity index (χ0n) is 15.3. The van der Waals surface area contributed by atoms with Gasteiger partial charge in [-0.2, -0.15) is 0 Å². The molecule has 25 heavy (non-hydrogen) atoms. The van der Waals surface area contributed by atoms with Crippen molar-refractivity contribution in [2.45, 2.75) is 83.1 Å². The molecular weight excluding hydrogens is 310 g/mol. The highest BCUT2D eigenvalue weighted by Crippen LogP contribution is 2.17. The van der Waals surface area contributed by atoms with Crippen LogP contribution < -0.4 is 5.32 Å².